The average molecular weight is 287 g/mol. The van der Waals surface area contributed by atoms with Crippen LogP contribution < -0.4 is 11.1 Å². The highest BCUT2D eigenvalue weighted by Gasteiger charge is 2.24. The second-order valence-corrected chi connectivity index (χ2v) is 4.42. The third-order valence-electron chi connectivity index (χ3n) is 2.90. The number of carboxylic acids is 1. The first-order chi connectivity index (χ1) is 9.99. The molecule has 1 aromatic heterocycles. The van der Waals surface area contributed by atoms with Crippen LogP contribution in [0.5, 0.6) is 0 Å². The molecule has 0 aliphatic carbocycles. The highest BCUT2D eigenvalue weighted by Crippen LogP contribution is 2.16. The summed E-state index contributed by atoms with van der Waals surface area (Å²) in [7, 11) is 0. The van der Waals surface area contributed by atoms with Crippen LogP contribution in [0.2, 0.25) is 0 Å². The predicted molar refractivity (Wildman–Crippen MR) is 74.4 cm³/mol. The molecule has 0 aliphatic rings. The van der Waals surface area contributed by atoms with Gasteiger partial charge in [-0.1, -0.05) is 24.3 Å². The molecule has 1 atom stereocenters. The van der Waals surface area contributed by atoms with E-state index < -0.39 is 30.2 Å². The number of carbonyl (C=O) groups is 3. The number of hydrogen-bond acceptors (Lipinski definition) is 4. The molecule has 4 N–H and O–H groups in total. The fourth-order valence-electron chi connectivity index (χ4n) is 1.93. The molecule has 1 aromatic carbocycles. The normalized spacial score (nSPS) is 11.8. The SMILES string of the molecule is NC(=O)C[C@H](NC(=O)c1nccc2ccccc12)C(=O)O. The number of carboxylic acid groups (broad SMARTS) is 1. The third kappa shape index (κ3) is 3.33. The van der Waals surface area contributed by atoms with Gasteiger partial charge in [0.25, 0.3) is 5.91 Å². The third-order valence-corrected chi connectivity index (χ3v) is 2.90. The Balaban J connectivity index is 2.29. The minimum Gasteiger partial charge on any atom is -0.480 e. The number of nitrogens with two attached hydrogens (primary N) is 1. The van der Waals surface area contributed by atoms with E-state index in [9.17, 15) is 14.4 Å². The van der Waals surface area contributed by atoms with Crippen molar-refractivity contribution in [3.63, 3.8) is 0 Å². The summed E-state index contributed by atoms with van der Waals surface area (Å²) in [5.74, 6) is -2.81. The maximum absolute atomic E-state index is 12.2. The Hall–Kier alpha value is -2.96. The van der Waals surface area contributed by atoms with E-state index in [1.54, 1.807) is 18.2 Å². The van der Waals surface area contributed by atoms with Gasteiger partial charge in [-0.05, 0) is 11.5 Å². The van der Waals surface area contributed by atoms with Crippen LogP contribution in [0.1, 0.15) is 16.9 Å². The van der Waals surface area contributed by atoms with Gasteiger partial charge in [-0.2, -0.15) is 0 Å². The van der Waals surface area contributed by atoms with Crippen molar-refractivity contribution in [2.45, 2.75) is 12.5 Å². The standard InChI is InChI=1S/C14H13N3O4/c15-11(18)7-10(14(20)21)17-13(19)12-9-4-2-1-3-8(9)5-6-16-12/h1-6,10H,7H2,(H2,15,18)(H,17,19)(H,20,21)/t10-/m0/s1. The first-order valence-electron chi connectivity index (χ1n) is 6.14. The van der Waals surface area contributed by atoms with Crippen LogP contribution in [0.25, 0.3) is 10.8 Å². The zero-order valence-electron chi connectivity index (χ0n) is 10.9. The molecule has 2 amide bonds. The van der Waals surface area contributed by atoms with Crippen molar-refractivity contribution in [3.8, 4) is 0 Å². The molecule has 0 saturated carbocycles. The molecule has 108 valence electrons. The maximum Gasteiger partial charge on any atom is 0.326 e. The van der Waals surface area contributed by atoms with Crippen molar-refractivity contribution >= 4 is 28.6 Å². The van der Waals surface area contributed by atoms with Crippen molar-refractivity contribution < 1.29 is 19.5 Å². The summed E-state index contributed by atoms with van der Waals surface area (Å²) in [6.07, 6.45) is 0.979. The van der Waals surface area contributed by atoms with Gasteiger partial charge in [0.05, 0.1) is 6.42 Å². The molecular formula is C14H13N3O4. The summed E-state index contributed by atoms with van der Waals surface area (Å²) in [6, 6.07) is 7.45. The Labute approximate surface area is 119 Å². The Morgan fingerprint density at radius 1 is 1.24 bits per heavy atom. The van der Waals surface area contributed by atoms with Crippen LogP contribution in [-0.4, -0.2) is 33.9 Å². The van der Waals surface area contributed by atoms with Crippen molar-refractivity contribution in [1.82, 2.24) is 10.3 Å². The molecule has 2 rings (SSSR count). The van der Waals surface area contributed by atoms with E-state index in [4.69, 9.17) is 10.8 Å². The lowest BCUT2D eigenvalue weighted by molar-refractivity contribution is -0.140. The number of amides is 2. The number of aromatic nitrogens is 1. The molecule has 21 heavy (non-hydrogen) atoms. The van der Waals surface area contributed by atoms with E-state index >= 15 is 0 Å². The summed E-state index contributed by atoms with van der Waals surface area (Å²) in [4.78, 5) is 38.0. The summed E-state index contributed by atoms with van der Waals surface area (Å²) in [5.41, 5.74) is 5.07. The van der Waals surface area contributed by atoms with Crippen molar-refractivity contribution in [1.29, 1.82) is 0 Å². The second kappa shape index (κ2) is 6.00. The molecule has 2 aromatic rings. The number of fused-ring (bicyclic) bond motifs is 1. The molecule has 1 heterocycles. The number of pyridine rings is 1. The van der Waals surface area contributed by atoms with Crippen molar-refractivity contribution in [2.24, 2.45) is 5.73 Å². The number of hydrogen-bond donors (Lipinski definition) is 3. The molecule has 0 fully saturated rings. The molecular weight excluding hydrogens is 274 g/mol. The van der Waals surface area contributed by atoms with Gasteiger partial charge in [-0.3, -0.25) is 14.6 Å². The molecule has 0 unspecified atom stereocenters. The van der Waals surface area contributed by atoms with E-state index in [0.29, 0.717) is 5.39 Å². The first kappa shape index (κ1) is 14.4. The van der Waals surface area contributed by atoms with Crippen LogP contribution in [0.15, 0.2) is 36.5 Å². The first-order valence-corrected chi connectivity index (χ1v) is 6.14. The van der Waals surface area contributed by atoms with Crippen LogP contribution in [0.3, 0.4) is 0 Å². The van der Waals surface area contributed by atoms with Crippen LogP contribution in [0, 0.1) is 0 Å². The van der Waals surface area contributed by atoms with Crippen LogP contribution >= 0.6 is 0 Å². The van der Waals surface area contributed by atoms with E-state index in [1.807, 2.05) is 12.1 Å². The molecule has 0 aliphatic heterocycles. The largest absolute Gasteiger partial charge is 0.480 e. The predicted octanol–water partition coefficient (Wildman–Crippen LogP) is 0.293. The molecule has 7 heteroatoms. The van der Waals surface area contributed by atoms with E-state index in [0.717, 1.165) is 5.39 Å². The zero-order chi connectivity index (χ0) is 15.4. The Bertz CT molecular complexity index is 709. The van der Waals surface area contributed by atoms with Gasteiger partial charge in [0.1, 0.15) is 11.7 Å². The number of nitrogens with zero attached hydrogens (tertiary/aromatic N) is 1. The van der Waals surface area contributed by atoms with Crippen LogP contribution in [0.4, 0.5) is 0 Å². The fourth-order valence-corrected chi connectivity index (χ4v) is 1.93. The number of nitrogens with one attached hydrogen (secondary N) is 1. The number of primary amides is 1. The number of aliphatic carboxylic acids is 1. The van der Waals surface area contributed by atoms with Gasteiger partial charge in [0, 0.05) is 11.6 Å². The summed E-state index contributed by atoms with van der Waals surface area (Å²) in [6.45, 7) is 0. The van der Waals surface area contributed by atoms with Crippen LogP contribution in [-0.2, 0) is 9.59 Å². The quantitative estimate of drug-likeness (QED) is 0.729. The molecule has 0 bridgehead atoms. The molecule has 0 spiro atoms. The highest BCUT2D eigenvalue weighted by atomic mass is 16.4. The lowest BCUT2D eigenvalue weighted by atomic mass is 10.1. The van der Waals surface area contributed by atoms with Gasteiger partial charge in [0.15, 0.2) is 0 Å². The van der Waals surface area contributed by atoms with E-state index in [1.165, 1.54) is 6.20 Å². The van der Waals surface area contributed by atoms with Gasteiger partial charge < -0.3 is 16.2 Å². The molecule has 0 saturated heterocycles. The minimum atomic E-state index is -1.38. The van der Waals surface area contributed by atoms with Gasteiger partial charge >= 0.3 is 5.97 Å². The van der Waals surface area contributed by atoms with Crippen molar-refractivity contribution in [3.05, 3.63) is 42.2 Å². The summed E-state index contributed by atoms with van der Waals surface area (Å²) in [5, 5.41) is 12.6. The topological polar surface area (TPSA) is 122 Å². The monoisotopic (exact) mass is 287 g/mol. The zero-order valence-corrected chi connectivity index (χ0v) is 10.9. The number of benzene rings is 1. The van der Waals surface area contributed by atoms with Gasteiger partial charge in [-0.25, -0.2) is 4.79 Å². The maximum atomic E-state index is 12.2. The van der Waals surface area contributed by atoms with E-state index in [-0.39, 0.29) is 5.69 Å². The molecule has 7 nitrogen and oxygen atoms in total. The minimum absolute atomic E-state index is 0.101. The number of carbonyl (C=O) groups excluding carboxylic acids is 2. The Morgan fingerprint density at radius 2 is 1.95 bits per heavy atom. The Kier molecular flexibility index (Phi) is 4.13. The molecule has 0 radical (unpaired) electrons. The highest BCUT2D eigenvalue weighted by molar-refractivity contribution is 6.06. The van der Waals surface area contributed by atoms with E-state index in [2.05, 4.69) is 10.3 Å². The van der Waals surface area contributed by atoms with Gasteiger partial charge in [0.2, 0.25) is 5.91 Å². The summed E-state index contributed by atoms with van der Waals surface area (Å²) < 4.78 is 0. The average Bonchev–Trinajstić information content (AvgIpc) is 2.45. The lowest BCUT2D eigenvalue weighted by Crippen LogP contribution is -2.43. The van der Waals surface area contributed by atoms with Crippen molar-refractivity contribution in [2.75, 3.05) is 0 Å². The summed E-state index contributed by atoms with van der Waals surface area (Å²) >= 11 is 0. The van der Waals surface area contributed by atoms with Gasteiger partial charge in [-0.15, -0.1) is 0 Å². The Morgan fingerprint density at radius 3 is 2.62 bits per heavy atom. The number of rotatable bonds is 5. The smallest absolute Gasteiger partial charge is 0.326 e. The second-order valence-electron chi connectivity index (χ2n) is 4.42. The fraction of sp³-hybridized carbons (Fsp3) is 0.143. The lowest BCUT2D eigenvalue weighted by Gasteiger charge is -2.13.